The van der Waals surface area contributed by atoms with Gasteiger partial charge in [0.1, 0.15) is 11.5 Å². The maximum absolute atomic E-state index is 13.2. The van der Waals surface area contributed by atoms with Gasteiger partial charge >= 0.3 is 10.4 Å². The Bertz CT molecular complexity index is 1100. The molecular weight excluding hydrogens is 470 g/mol. The number of morpholine rings is 1. The molecule has 1 aromatic carbocycles. The zero-order chi connectivity index (χ0) is 24.8. The minimum Gasteiger partial charge on any atom is -0.378 e. The number of hydrogen-bond acceptors (Lipinski definition) is 6. The van der Waals surface area contributed by atoms with E-state index >= 15 is 0 Å². The average molecular weight is 506 g/mol. The predicted octanol–water partition coefficient (Wildman–Crippen LogP) is 3.55. The molecule has 0 bridgehead atoms. The molecule has 9 heteroatoms. The summed E-state index contributed by atoms with van der Waals surface area (Å²) in [5.74, 6) is 2.06. The lowest BCUT2D eigenvalue weighted by Gasteiger charge is -2.50. The van der Waals surface area contributed by atoms with Crippen LogP contribution in [0.25, 0.3) is 0 Å². The van der Waals surface area contributed by atoms with Crippen LogP contribution in [0.2, 0.25) is 0 Å². The van der Waals surface area contributed by atoms with Crippen LogP contribution >= 0.6 is 0 Å². The largest absolute Gasteiger partial charge is 0.446 e. The van der Waals surface area contributed by atoms with E-state index in [1.807, 2.05) is 11.0 Å². The van der Waals surface area contributed by atoms with Crippen LogP contribution in [-0.2, 0) is 31.1 Å². The normalized spacial score (nSPS) is 32.5. The topological polar surface area (TPSA) is 110 Å². The second-order valence-corrected chi connectivity index (χ2v) is 12.0. The van der Waals surface area contributed by atoms with Crippen molar-refractivity contribution in [3.05, 3.63) is 29.3 Å². The van der Waals surface area contributed by atoms with Crippen LogP contribution in [0.5, 0.6) is 5.75 Å². The minimum atomic E-state index is -4.55. The van der Waals surface area contributed by atoms with Crippen molar-refractivity contribution in [3.8, 4) is 5.75 Å². The van der Waals surface area contributed by atoms with Crippen molar-refractivity contribution in [2.24, 2.45) is 23.2 Å². The second kappa shape index (κ2) is 9.48. The average Bonchev–Trinajstić information content (AvgIpc) is 3.08. The van der Waals surface area contributed by atoms with Crippen LogP contribution in [0, 0.1) is 23.2 Å². The number of ketones is 1. The highest BCUT2D eigenvalue weighted by Gasteiger charge is 2.58. The minimum absolute atomic E-state index is 0.129. The van der Waals surface area contributed by atoms with Gasteiger partial charge in [-0.1, -0.05) is 13.0 Å². The van der Waals surface area contributed by atoms with E-state index in [0.29, 0.717) is 68.6 Å². The summed E-state index contributed by atoms with van der Waals surface area (Å²) in [6.07, 6.45) is 6.41. The molecule has 1 aromatic rings. The van der Waals surface area contributed by atoms with Gasteiger partial charge < -0.3 is 13.8 Å². The number of ether oxygens (including phenoxy) is 1. The van der Waals surface area contributed by atoms with Gasteiger partial charge in [0.15, 0.2) is 0 Å². The number of carbonyl (C=O) groups is 2. The van der Waals surface area contributed by atoms with E-state index < -0.39 is 10.4 Å². The monoisotopic (exact) mass is 505 g/mol. The van der Waals surface area contributed by atoms with Crippen molar-refractivity contribution in [3.63, 3.8) is 0 Å². The highest BCUT2D eigenvalue weighted by Crippen LogP contribution is 2.62. The Morgan fingerprint density at radius 1 is 1.26 bits per heavy atom. The molecule has 1 heterocycles. The number of amides is 1. The third kappa shape index (κ3) is 4.87. The van der Waals surface area contributed by atoms with Gasteiger partial charge in [0.25, 0.3) is 0 Å². The van der Waals surface area contributed by atoms with E-state index in [4.69, 9.17) is 9.29 Å². The molecule has 0 aromatic heterocycles. The van der Waals surface area contributed by atoms with Crippen LogP contribution in [0.3, 0.4) is 0 Å². The lowest BCUT2D eigenvalue weighted by Crippen LogP contribution is -2.44. The Balaban J connectivity index is 1.29. The van der Waals surface area contributed by atoms with E-state index in [0.717, 1.165) is 44.1 Å². The summed E-state index contributed by atoms with van der Waals surface area (Å²) < 4.78 is 41.3. The molecule has 1 saturated heterocycles. The number of rotatable bonds is 6. The van der Waals surface area contributed by atoms with Gasteiger partial charge in [0.05, 0.1) is 13.2 Å². The molecule has 0 spiro atoms. The van der Waals surface area contributed by atoms with Crippen LogP contribution < -0.4 is 4.18 Å². The van der Waals surface area contributed by atoms with Gasteiger partial charge in [-0.05, 0) is 85.5 Å². The molecule has 35 heavy (non-hydrogen) atoms. The van der Waals surface area contributed by atoms with Crippen LogP contribution in [-0.4, -0.2) is 55.9 Å². The highest BCUT2D eigenvalue weighted by molar-refractivity contribution is 7.81. The fourth-order valence-electron chi connectivity index (χ4n) is 7.54. The van der Waals surface area contributed by atoms with Crippen LogP contribution in [0.4, 0.5) is 0 Å². The molecule has 1 N–H and O–H groups in total. The molecule has 0 radical (unpaired) electrons. The fourth-order valence-corrected chi connectivity index (χ4v) is 7.89. The van der Waals surface area contributed by atoms with Gasteiger partial charge in [-0.3, -0.25) is 14.1 Å². The molecule has 3 aliphatic carbocycles. The zero-order valence-electron chi connectivity index (χ0n) is 20.3. The standard InChI is InChI=1S/C26H35NO7S/c1-26-10-9-21-20-8-6-19(34-35(30,31)32)15-17(20)5-7-22(21)25(26)18(16-23(26)28)3-2-4-24(29)27-11-13-33-14-12-27/h6,8,15,18,21-22,25H,2-5,7,9-14,16H2,1H3,(H,30,31,32)/t18-,21-,22?,25+,26-/m1/s1. The van der Waals surface area contributed by atoms with Crippen molar-refractivity contribution in [1.82, 2.24) is 4.90 Å². The summed E-state index contributed by atoms with van der Waals surface area (Å²) in [7, 11) is -4.55. The first-order valence-electron chi connectivity index (χ1n) is 12.8. The molecular formula is C26H35NO7S. The third-order valence-corrected chi connectivity index (χ3v) is 9.48. The maximum Gasteiger partial charge on any atom is 0.446 e. The van der Waals surface area contributed by atoms with Crippen molar-refractivity contribution in [2.45, 2.75) is 64.2 Å². The summed E-state index contributed by atoms with van der Waals surface area (Å²) in [5, 5.41) is 0. The highest BCUT2D eigenvalue weighted by atomic mass is 32.3. The van der Waals surface area contributed by atoms with Crippen molar-refractivity contribution in [2.75, 3.05) is 26.3 Å². The number of nitrogens with zero attached hydrogens (tertiary/aromatic N) is 1. The molecule has 1 aliphatic heterocycles. The molecule has 2 saturated carbocycles. The van der Waals surface area contributed by atoms with Gasteiger partial charge in [-0.2, -0.15) is 8.42 Å². The van der Waals surface area contributed by atoms with Gasteiger partial charge in [-0.15, -0.1) is 0 Å². The van der Waals surface area contributed by atoms with E-state index in [2.05, 4.69) is 11.1 Å². The van der Waals surface area contributed by atoms with Crippen LogP contribution in [0.1, 0.15) is 68.9 Å². The number of benzene rings is 1. The van der Waals surface area contributed by atoms with E-state index in [9.17, 15) is 18.0 Å². The number of hydrogen-bond donors (Lipinski definition) is 1. The number of fused-ring (bicyclic) bond motifs is 5. The second-order valence-electron chi connectivity index (χ2n) is 10.9. The number of aryl methyl sites for hydroxylation is 1. The van der Waals surface area contributed by atoms with Crippen LogP contribution in [0.15, 0.2) is 18.2 Å². The molecule has 1 unspecified atom stereocenters. The Labute approximate surface area is 207 Å². The molecule has 5 rings (SSSR count). The lowest BCUT2D eigenvalue weighted by molar-refractivity contribution is -0.135. The van der Waals surface area contributed by atoms with Crippen molar-refractivity contribution >= 4 is 22.1 Å². The first-order chi connectivity index (χ1) is 16.7. The smallest absolute Gasteiger partial charge is 0.378 e. The Hall–Kier alpha value is -1.97. The summed E-state index contributed by atoms with van der Waals surface area (Å²) in [6.45, 7) is 4.71. The SMILES string of the molecule is C[C@]12CC[C@@H]3c4ccc(OS(=O)(=O)O)cc4CCC3[C@@H]1[C@H](CCCC(=O)N1CCOCC1)CC2=O. The van der Waals surface area contributed by atoms with E-state index in [1.165, 1.54) is 5.56 Å². The van der Waals surface area contributed by atoms with E-state index in [1.54, 1.807) is 12.1 Å². The molecule has 1 amide bonds. The van der Waals surface area contributed by atoms with E-state index in [-0.39, 0.29) is 17.1 Å². The maximum atomic E-state index is 13.2. The molecule has 5 atom stereocenters. The quantitative estimate of drug-likeness (QED) is 0.589. The number of carbonyl (C=O) groups excluding carboxylic acids is 2. The number of Topliss-reactive ketones (excluding diaryl/α,β-unsaturated/α-hetero) is 1. The zero-order valence-corrected chi connectivity index (χ0v) is 21.1. The summed E-state index contributed by atoms with van der Waals surface area (Å²) in [6, 6.07) is 5.26. The predicted molar refractivity (Wildman–Crippen MR) is 128 cm³/mol. The summed E-state index contributed by atoms with van der Waals surface area (Å²) in [4.78, 5) is 27.7. The summed E-state index contributed by atoms with van der Waals surface area (Å²) in [5.41, 5.74) is 1.99. The van der Waals surface area contributed by atoms with Gasteiger partial charge in [0, 0.05) is 31.3 Å². The molecule has 8 nitrogen and oxygen atoms in total. The van der Waals surface area contributed by atoms with Crippen molar-refractivity contribution in [1.29, 1.82) is 0 Å². The van der Waals surface area contributed by atoms with Gasteiger partial charge in [0.2, 0.25) is 5.91 Å². The molecule has 3 fully saturated rings. The first-order valence-corrected chi connectivity index (χ1v) is 14.2. The van der Waals surface area contributed by atoms with Gasteiger partial charge in [-0.25, -0.2) is 0 Å². The Morgan fingerprint density at radius 3 is 2.77 bits per heavy atom. The fraction of sp³-hybridized carbons (Fsp3) is 0.692. The Kier molecular flexibility index (Phi) is 6.70. The summed E-state index contributed by atoms with van der Waals surface area (Å²) >= 11 is 0. The first kappa shape index (κ1) is 24.7. The lowest BCUT2D eigenvalue weighted by atomic mass is 9.54. The third-order valence-electron chi connectivity index (χ3n) is 9.07. The Morgan fingerprint density at radius 2 is 2.03 bits per heavy atom. The molecule has 192 valence electrons. The molecule has 4 aliphatic rings. The van der Waals surface area contributed by atoms with Crippen molar-refractivity contribution < 1.29 is 31.5 Å².